The predicted octanol–water partition coefficient (Wildman–Crippen LogP) is 3.59. The summed E-state index contributed by atoms with van der Waals surface area (Å²) in [6.45, 7) is 1.72. The summed E-state index contributed by atoms with van der Waals surface area (Å²) < 4.78 is 25.0. The van der Waals surface area contributed by atoms with Gasteiger partial charge in [-0.05, 0) is 41.1 Å². The zero-order valence-electron chi connectivity index (χ0n) is 6.11. The fraction of sp³-hybridized carbons (Fsp3) is 0.286. The van der Waals surface area contributed by atoms with Gasteiger partial charge < -0.3 is 0 Å². The minimum atomic E-state index is -2.56. The van der Waals surface area contributed by atoms with Crippen LogP contribution in [0.5, 0.6) is 0 Å². The second-order valence-corrected chi connectivity index (χ2v) is 3.73. The molecule has 1 heterocycles. The van der Waals surface area contributed by atoms with Gasteiger partial charge in [0.25, 0.3) is 6.43 Å². The highest BCUT2D eigenvalue weighted by atomic mass is 127. The molecule has 0 unspecified atom stereocenters. The van der Waals surface area contributed by atoms with E-state index >= 15 is 0 Å². The van der Waals surface area contributed by atoms with Gasteiger partial charge >= 0.3 is 0 Å². The lowest BCUT2D eigenvalue weighted by molar-refractivity contribution is 0.145. The summed E-state index contributed by atoms with van der Waals surface area (Å²) in [4.78, 5) is 3.54. The molecule has 0 aliphatic heterocycles. The van der Waals surface area contributed by atoms with Gasteiger partial charge in [-0.3, -0.25) is 0 Å². The number of hydrogen-bond acceptors (Lipinski definition) is 1. The number of aryl methyl sites for hydroxylation is 1. The van der Waals surface area contributed by atoms with Crippen molar-refractivity contribution in [3.63, 3.8) is 0 Å². The standard InChI is InChI=1S/C7H5ClF2IN/c1-3-2-4(8)12-6(5(3)11)7(9)10/h2,7H,1H3. The van der Waals surface area contributed by atoms with Crippen molar-refractivity contribution in [2.45, 2.75) is 13.3 Å². The third-order valence-corrected chi connectivity index (χ3v) is 2.94. The molecule has 0 spiro atoms. The van der Waals surface area contributed by atoms with Crippen LogP contribution in [0.25, 0.3) is 0 Å². The predicted molar refractivity (Wildman–Crippen MR) is 51.7 cm³/mol. The molecular formula is C7H5ClF2IN. The Balaban J connectivity index is 3.28. The van der Waals surface area contributed by atoms with Crippen molar-refractivity contribution in [2.75, 3.05) is 0 Å². The molecule has 0 N–H and O–H groups in total. The van der Waals surface area contributed by atoms with E-state index in [1.165, 1.54) is 0 Å². The molecule has 0 aliphatic rings. The molecule has 0 fully saturated rings. The highest BCUT2D eigenvalue weighted by molar-refractivity contribution is 14.1. The van der Waals surface area contributed by atoms with Crippen LogP contribution in [0.1, 0.15) is 17.7 Å². The van der Waals surface area contributed by atoms with Gasteiger partial charge in [-0.1, -0.05) is 11.6 Å². The Morgan fingerprint density at radius 2 is 2.17 bits per heavy atom. The van der Waals surface area contributed by atoms with Gasteiger partial charge in [-0.25, -0.2) is 13.8 Å². The van der Waals surface area contributed by atoms with Crippen molar-refractivity contribution in [3.05, 3.63) is 26.0 Å². The molecule has 0 aromatic carbocycles. The van der Waals surface area contributed by atoms with Gasteiger partial charge in [0.2, 0.25) is 0 Å². The van der Waals surface area contributed by atoms with Crippen LogP contribution in [0.2, 0.25) is 5.15 Å². The van der Waals surface area contributed by atoms with E-state index in [1.807, 2.05) is 22.6 Å². The topological polar surface area (TPSA) is 12.9 Å². The minimum absolute atomic E-state index is 0.114. The van der Waals surface area contributed by atoms with Crippen LogP contribution in [0.3, 0.4) is 0 Å². The number of hydrogen-bond donors (Lipinski definition) is 0. The SMILES string of the molecule is Cc1cc(Cl)nc(C(F)F)c1I. The number of halogens is 4. The highest BCUT2D eigenvalue weighted by Gasteiger charge is 2.15. The Bertz CT molecular complexity index is 304. The largest absolute Gasteiger partial charge is 0.281 e. The monoisotopic (exact) mass is 303 g/mol. The van der Waals surface area contributed by atoms with E-state index in [0.717, 1.165) is 5.56 Å². The van der Waals surface area contributed by atoms with Crippen LogP contribution < -0.4 is 0 Å². The summed E-state index contributed by atoms with van der Waals surface area (Å²) in [6.07, 6.45) is -2.56. The Morgan fingerprint density at radius 1 is 1.58 bits per heavy atom. The summed E-state index contributed by atoms with van der Waals surface area (Å²) in [5, 5.41) is 0.114. The second kappa shape index (κ2) is 3.83. The Hall–Kier alpha value is 0.0300. The lowest BCUT2D eigenvalue weighted by Crippen LogP contribution is -1.97. The lowest BCUT2D eigenvalue weighted by Gasteiger charge is -2.05. The number of pyridine rings is 1. The van der Waals surface area contributed by atoms with E-state index in [0.29, 0.717) is 3.57 Å². The fourth-order valence-corrected chi connectivity index (χ4v) is 1.55. The molecular weight excluding hydrogens is 298 g/mol. The van der Waals surface area contributed by atoms with E-state index in [9.17, 15) is 8.78 Å². The summed E-state index contributed by atoms with van der Waals surface area (Å²) in [5.74, 6) is 0. The molecule has 12 heavy (non-hydrogen) atoms. The molecule has 1 rings (SSSR count). The average Bonchev–Trinajstić information content (AvgIpc) is 1.96. The third kappa shape index (κ3) is 2.04. The first-order valence-corrected chi connectivity index (χ1v) is 4.58. The molecule has 0 aliphatic carbocycles. The van der Waals surface area contributed by atoms with Crippen molar-refractivity contribution in [2.24, 2.45) is 0 Å². The Morgan fingerprint density at radius 3 is 2.67 bits per heavy atom. The van der Waals surface area contributed by atoms with Crippen LogP contribution in [0.15, 0.2) is 6.07 Å². The third-order valence-electron chi connectivity index (χ3n) is 1.34. The van der Waals surface area contributed by atoms with E-state index in [-0.39, 0.29) is 10.8 Å². The second-order valence-electron chi connectivity index (χ2n) is 2.26. The summed E-state index contributed by atoms with van der Waals surface area (Å²) >= 11 is 7.35. The number of alkyl halides is 2. The van der Waals surface area contributed by atoms with Gasteiger partial charge in [-0.15, -0.1) is 0 Å². The van der Waals surface area contributed by atoms with E-state index in [1.54, 1.807) is 13.0 Å². The molecule has 66 valence electrons. The fourth-order valence-electron chi connectivity index (χ4n) is 0.785. The smallest absolute Gasteiger partial charge is 0.234 e. The van der Waals surface area contributed by atoms with Crippen LogP contribution in [-0.4, -0.2) is 4.98 Å². The van der Waals surface area contributed by atoms with Crippen molar-refractivity contribution in [1.82, 2.24) is 4.98 Å². The first-order valence-electron chi connectivity index (χ1n) is 3.13. The molecule has 0 atom stereocenters. The van der Waals surface area contributed by atoms with Gasteiger partial charge in [0.15, 0.2) is 0 Å². The normalized spacial score (nSPS) is 10.8. The molecule has 0 saturated heterocycles. The van der Waals surface area contributed by atoms with Gasteiger partial charge in [0, 0.05) is 3.57 Å². The van der Waals surface area contributed by atoms with Crippen LogP contribution in [0.4, 0.5) is 8.78 Å². The summed E-state index contributed by atoms with van der Waals surface area (Å²) in [6, 6.07) is 1.56. The number of aromatic nitrogens is 1. The van der Waals surface area contributed by atoms with Gasteiger partial charge in [0.05, 0.1) is 0 Å². The average molecular weight is 303 g/mol. The Kier molecular flexibility index (Phi) is 3.22. The maximum atomic E-state index is 12.3. The summed E-state index contributed by atoms with van der Waals surface area (Å²) in [7, 11) is 0. The van der Waals surface area contributed by atoms with E-state index in [4.69, 9.17) is 11.6 Å². The highest BCUT2D eigenvalue weighted by Crippen LogP contribution is 2.26. The zero-order valence-corrected chi connectivity index (χ0v) is 9.03. The summed E-state index contributed by atoms with van der Waals surface area (Å²) in [5.41, 5.74) is 0.492. The first kappa shape index (κ1) is 10.1. The maximum Gasteiger partial charge on any atom is 0.281 e. The molecule has 1 aromatic heterocycles. The maximum absolute atomic E-state index is 12.3. The molecule has 5 heteroatoms. The molecule has 0 amide bonds. The van der Waals surface area contributed by atoms with Gasteiger partial charge in [0.1, 0.15) is 10.8 Å². The molecule has 1 nitrogen and oxygen atoms in total. The van der Waals surface area contributed by atoms with E-state index in [2.05, 4.69) is 4.98 Å². The molecule has 0 bridgehead atoms. The minimum Gasteiger partial charge on any atom is -0.234 e. The quantitative estimate of drug-likeness (QED) is 0.571. The molecule has 1 aromatic rings. The first-order chi connectivity index (χ1) is 5.52. The van der Waals surface area contributed by atoms with Crippen molar-refractivity contribution < 1.29 is 8.78 Å². The number of rotatable bonds is 1. The van der Waals surface area contributed by atoms with Crippen LogP contribution >= 0.6 is 34.2 Å². The van der Waals surface area contributed by atoms with Crippen LogP contribution in [-0.2, 0) is 0 Å². The lowest BCUT2D eigenvalue weighted by atomic mass is 10.2. The number of nitrogens with zero attached hydrogens (tertiary/aromatic N) is 1. The van der Waals surface area contributed by atoms with Gasteiger partial charge in [-0.2, -0.15) is 0 Å². The van der Waals surface area contributed by atoms with E-state index < -0.39 is 6.43 Å². The van der Waals surface area contributed by atoms with Crippen molar-refractivity contribution in [3.8, 4) is 0 Å². The zero-order chi connectivity index (χ0) is 9.30. The van der Waals surface area contributed by atoms with Crippen molar-refractivity contribution in [1.29, 1.82) is 0 Å². The molecule has 0 radical (unpaired) electrons. The Labute approximate surface area is 87.3 Å². The molecule has 0 saturated carbocycles. The van der Waals surface area contributed by atoms with Crippen molar-refractivity contribution >= 4 is 34.2 Å². The van der Waals surface area contributed by atoms with Crippen LogP contribution in [0, 0.1) is 10.5 Å².